The number of benzene rings is 2. The van der Waals surface area contributed by atoms with Crippen molar-refractivity contribution in [1.82, 2.24) is 9.97 Å². The molecule has 3 aromatic rings. The molecule has 2 atom stereocenters. The maximum atomic E-state index is 14.1. The molecule has 2 aromatic carbocycles. The van der Waals surface area contributed by atoms with Gasteiger partial charge in [0.2, 0.25) is 5.95 Å². The van der Waals surface area contributed by atoms with Gasteiger partial charge in [0.25, 0.3) is 0 Å². The van der Waals surface area contributed by atoms with Crippen LogP contribution in [-0.2, 0) is 0 Å². The highest BCUT2D eigenvalue weighted by Gasteiger charge is 2.34. The van der Waals surface area contributed by atoms with E-state index < -0.39 is 6.29 Å². The van der Waals surface area contributed by atoms with Crippen molar-refractivity contribution in [1.29, 1.82) is 0 Å². The van der Waals surface area contributed by atoms with Crippen molar-refractivity contribution in [3.8, 4) is 5.75 Å². The Morgan fingerprint density at radius 1 is 1.23 bits per heavy atom. The summed E-state index contributed by atoms with van der Waals surface area (Å²) in [6, 6.07) is 13.6. The molecule has 8 nitrogen and oxygen atoms in total. The molecular weight excluding hydrogens is 387 g/mol. The molecule has 4 rings (SSSR count). The van der Waals surface area contributed by atoms with E-state index in [-0.39, 0.29) is 18.5 Å². The first-order valence-corrected chi connectivity index (χ1v) is 9.54. The topological polar surface area (TPSA) is 94.6 Å². The minimum atomic E-state index is -0.496. The smallest absolute Gasteiger partial charge is 0.229 e. The van der Waals surface area contributed by atoms with Gasteiger partial charge >= 0.3 is 0 Å². The average Bonchev–Trinajstić information content (AvgIpc) is 3.12. The van der Waals surface area contributed by atoms with Crippen molar-refractivity contribution in [2.24, 2.45) is 0 Å². The summed E-state index contributed by atoms with van der Waals surface area (Å²) < 4.78 is 19.3. The van der Waals surface area contributed by atoms with Crippen LogP contribution in [0.25, 0.3) is 0 Å². The second-order valence-electron chi connectivity index (χ2n) is 6.89. The number of hydrogen-bond acceptors (Lipinski definition) is 8. The van der Waals surface area contributed by atoms with Crippen LogP contribution < -0.4 is 25.6 Å². The normalized spacial score (nSPS) is 15.9. The van der Waals surface area contributed by atoms with Crippen LogP contribution in [0.3, 0.4) is 0 Å². The largest absolute Gasteiger partial charge is 0.497 e. The molecule has 1 aromatic heterocycles. The van der Waals surface area contributed by atoms with Gasteiger partial charge in [-0.1, -0.05) is 12.1 Å². The summed E-state index contributed by atoms with van der Waals surface area (Å²) in [7, 11) is 1.61. The van der Waals surface area contributed by atoms with Gasteiger partial charge in [0.05, 0.1) is 37.3 Å². The van der Waals surface area contributed by atoms with E-state index in [0.717, 1.165) is 11.4 Å². The van der Waals surface area contributed by atoms with Gasteiger partial charge in [0.1, 0.15) is 11.6 Å². The molecule has 2 heterocycles. The van der Waals surface area contributed by atoms with E-state index in [1.54, 1.807) is 31.5 Å². The number of nitrogens with zero attached hydrogens (tertiary/aromatic N) is 3. The molecule has 4 N–H and O–H groups in total. The molecule has 0 fully saturated rings. The van der Waals surface area contributed by atoms with Gasteiger partial charge < -0.3 is 30.7 Å². The monoisotopic (exact) mass is 410 g/mol. The molecule has 156 valence electrons. The summed E-state index contributed by atoms with van der Waals surface area (Å²) in [5.74, 6) is 1.41. The summed E-state index contributed by atoms with van der Waals surface area (Å²) in [5.41, 5.74) is 1.84. The van der Waals surface area contributed by atoms with Gasteiger partial charge in [-0.25, -0.2) is 9.37 Å². The third-order valence-corrected chi connectivity index (χ3v) is 4.83. The first-order chi connectivity index (χ1) is 14.6. The number of fused-ring (bicyclic) bond motifs is 1. The van der Waals surface area contributed by atoms with E-state index in [1.165, 1.54) is 6.07 Å². The lowest BCUT2D eigenvalue weighted by Crippen LogP contribution is -2.48. The number of rotatable bonds is 7. The zero-order valence-corrected chi connectivity index (χ0v) is 16.6. The number of anilines is 5. The van der Waals surface area contributed by atoms with E-state index in [0.29, 0.717) is 23.1 Å². The number of methoxy groups -OCH3 is 1. The highest BCUT2D eigenvalue weighted by Crippen LogP contribution is 2.35. The van der Waals surface area contributed by atoms with Crippen LogP contribution in [0.2, 0.25) is 0 Å². The number of nitrogens with one attached hydrogen (secondary N) is 3. The Bertz CT molecular complexity index is 1020. The number of aliphatic hydroxyl groups excluding tert-OH is 1. The second kappa shape index (κ2) is 8.42. The summed E-state index contributed by atoms with van der Waals surface area (Å²) in [6.07, 6.45) is 1.17. The molecule has 1 aliphatic heterocycles. The first-order valence-electron chi connectivity index (χ1n) is 9.54. The molecule has 30 heavy (non-hydrogen) atoms. The summed E-state index contributed by atoms with van der Waals surface area (Å²) in [4.78, 5) is 10.8. The maximum Gasteiger partial charge on any atom is 0.229 e. The van der Waals surface area contributed by atoms with Crippen molar-refractivity contribution >= 4 is 28.8 Å². The quantitative estimate of drug-likeness (QED) is 0.471. The van der Waals surface area contributed by atoms with Crippen LogP contribution in [0.1, 0.15) is 6.92 Å². The number of aromatic nitrogens is 2. The van der Waals surface area contributed by atoms with Gasteiger partial charge in [-0.3, -0.25) is 0 Å². The van der Waals surface area contributed by atoms with Crippen LogP contribution in [0.5, 0.6) is 5.75 Å². The Labute approximate surface area is 173 Å². The van der Waals surface area contributed by atoms with Gasteiger partial charge in [-0.2, -0.15) is 4.98 Å². The number of aliphatic hydroxyl groups is 1. The Morgan fingerprint density at radius 2 is 2.00 bits per heavy atom. The SMILES string of the molecule is COc1ccc(Nc2ncc3c(n2)N([C@H](C)CO)C(Nc2ccccc2F)N3)cc1. The minimum Gasteiger partial charge on any atom is -0.497 e. The second-order valence-corrected chi connectivity index (χ2v) is 6.89. The Balaban J connectivity index is 1.59. The van der Waals surface area contributed by atoms with E-state index in [4.69, 9.17) is 4.74 Å². The van der Waals surface area contributed by atoms with Crippen molar-refractivity contribution in [2.45, 2.75) is 19.3 Å². The fraction of sp³-hybridized carbons (Fsp3) is 0.238. The maximum absolute atomic E-state index is 14.1. The molecule has 0 saturated carbocycles. The molecule has 0 saturated heterocycles. The third-order valence-electron chi connectivity index (χ3n) is 4.83. The minimum absolute atomic E-state index is 0.0954. The molecule has 0 radical (unpaired) electrons. The lowest BCUT2D eigenvalue weighted by molar-refractivity contribution is 0.264. The van der Waals surface area contributed by atoms with Gasteiger partial charge in [-0.15, -0.1) is 0 Å². The van der Waals surface area contributed by atoms with Crippen molar-refractivity contribution in [3.05, 3.63) is 60.5 Å². The van der Waals surface area contributed by atoms with E-state index in [9.17, 15) is 9.50 Å². The molecule has 0 aliphatic carbocycles. The number of hydrogen-bond donors (Lipinski definition) is 4. The molecule has 0 amide bonds. The number of halogens is 1. The molecule has 9 heteroatoms. The lowest BCUT2D eigenvalue weighted by atomic mass is 10.3. The van der Waals surface area contributed by atoms with E-state index in [2.05, 4.69) is 25.9 Å². The zero-order chi connectivity index (χ0) is 21.1. The first kappa shape index (κ1) is 19.7. The fourth-order valence-electron chi connectivity index (χ4n) is 3.26. The highest BCUT2D eigenvalue weighted by atomic mass is 19.1. The van der Waals surface area contributed by atoms with Crippen LogP contribution in [0.15, 0.2) is 54.7 Å². The van der Waals surface area contributed by atoms with Gasteiger partial charge in [0.15, 0.2) is 12.1 Å². The average molecular weight is 410 g/mol. The molecule has 1 unspecified atom stereocenters. The predicted octanol–water partition coefficient (Wildman–Crippen LogP) is 3.38. The van der Waals surface area contributed by atoms with E-state index >= 15 is 0 Å². The molecular formula is C21H23FN6O2. The third kappa shape index (κ3) is 3.92. The van der Waals surface area contributed by atoms with Crippen LogP contribution in [0, 0.1) is 5.82 Å². The number of para-hydroxylation sites is 1. The standard InChI is InChI=1S/C21H23FN6O2/c1-13(12-29)28-19-18(26-21(28)25-17-6-4-3-5-16(17)22)11-23-20(27-19)24-14-7-9-15(30-2)10-8-14/h3-11,13,21,25-26,29H,12H2,1-2H3,(H,23,24,27)/t13-,21?/m1/s1. The predicted molar refractivity (Wildman–Crippen MR) is 115 cm³/mol. The van der Waals surface area contributed by atoms with Crippen LogP contribution in [-0.4, -0.2) is 41.1 Å². The summed E-state index contributed by atoms with van der Waals surface area (Å²) in [6.45, 7) is 1.77. The van der Waals surface area contributed by atoms with Crippen molar-refractivity contribution < 1.29 is 14.2 Å². The van der Waals surface area contributed by atoms with E-state index in [1.807, 2.05) is 36.1 Å². The number of ether oxygens (including phenoxy) is 1. The fourth-order valence-corrected chi connectivity index (χ4v) is 3.26. The van der Waals surface area contributed by atoms with Crippen molar-refractivity contribution in [3.63, 3.8) is 0 Å². The summed E-state index contributed by atoms with van der Waals surface area (Å²) >= 11 is 0. The van der Waals surface area contributed by atoms with Crippen LogP contribution >= 0.6 is 0 Å². The van der Waals surface area contributed by atoms with Gasteiger partial charge in [0, 0.05) is 5.69 Å². The Morgan fingerprint density at radius 3 is 2.70 bits per heavy atom. The Kier molecular flexibility index (Phi) is 5.53. The highest BCUT2D eigenvalue weighted by molar-refractivity contribution is 5.75. The lowest BCUT2D eigenvalue weighted by Gasteiger charge is -2.31. The molecule has 0 bridgehead atoms. The summed E-state index contributed by atoms with van der Waals surface area (Å²) in [5, 5.41) is 19.3. The zero-order valence-electron chi connectivity index (χ0n) is 16.6. The van der Waals surface area contributed by atoms with Crippen molar-refractivity contribution in [2.75, 3.05) is 34.6 Å². The van der Waals surface area contributed by atoms with Gasteiger partial charge in [-0.05, 0) is 43.3 Å². The molecule has 0 spiro atoms. The molecule has 1 aliphatic rings. The Hall–Kier alpha value is -3.59. The van der Waals surface area contributed by atoms with Crippen LogP contribution in [0.4, 0.5) is 33.2 Å².